The summed E-state index contributed by atoms with van der Waals surface area (Å²) in [6.07, 6.45) is 2.13. The summed E-state index contributed by atoms with van der Waals surface area (Å²) < 4.78 is 8.37. The highest BCUT2D eigenvalue weighted by atomic mass is 16.3. The average molecular weight is 303 g/mol. The van der Waals surface area contributed by atoms with Gasteiger partial charge in [-0.15, -0.1) is 0 Å². The molecular formula is C20H19N2O+. The molecule has 0 spiro atoms. The minimum Gasteiger partial charge on any atom is -0.455 e. The van der Waals surface area contributed by atoms with Crippen molar-refractivity contribution in [1.29, 1.82) is 0 Å². The SMILES string of the molecule is Cc1ccc(-c2c(C)nc(C)c3c2oc2ccccc23)[n+](C)c1. The lowest BCUT2D eigenvalue weighted by molar-refractivity contribution is -0.660. The maximum absolute atomic E-state index is 6.23. The minimum atomic E-state index is 0.911. The summed E-state index contributed by atoms with van der Waals surface area (Å²) in [5.41, 5.74) is 7.27. The lowest BCUT2D eigenvalue weighted by Gasteiger charge is -2.07. The Morgan fingerprint density at radius 3 is 2.52 bits per heavy atom. The highest BCUT2D eigenvalue weighted by Gasteiger charge is 2.22. The van der Waals surface area contributed by atoms with Crippen LogP contribution >= 0.6 is 0 Å². The minimum absolute atomic E-state index is 0.911. The van der Waals surface area contributed by atoms with Crippen molar-refractivity contribution >= 4 is 21.9 Å². The smallest absolute Gasteiger partial charge is 0.217 e. The van der Waals surface area contributed by atoms with Crippen LogP contribution in [0, 0.1) is 20.8 Å². The lowest BCUT2D eigenvalue weighted by atomic mass is 10.0. The normalized spacial score (nSPS) is 11.5. The molecule has 0 atom stereocenters. The molecule has 3 aromatic heterocycles. The Hall–Kier alpha value is -2.68. The maximum atomic E-state index is 6.23. The van der Waals surface area contributed by atoms with E-state index in [-0.39, 0.29) is 0 Å². The van der Waals surface area contributed by atoms with Gasteiger partial charge in [0, 0.05) is 22.7 Å². The van der Waals surface area contributed by atoms with Gasteiger partial charge in [-0.3, -0.25) is 4.98 Å². The first-order chi connectivity index (χ1) is 11.1. The van der Waals surface area contributed by atoms with Crippen LogP contribution in [0.3, 0.4) is 0 Å². The first kappa shape index (κ1) is 13.9. The molecule has 0 saturated carbocycles. The third-order valence-electron chi connectivity index (χ3n) is 4.42. The number of nitrogens with zero attached hydrogens (tertiary/aromatic N) is 2. The molecule has 3 nitrogen and oxygen atoms in total. The van der Waals surface area contributed by atoms with Crippen LogP contribution in [0.2, 0.25) is 0 Å². The average Bonchev–Trinajstić information content (AvgIpc) is 2.88. The topological polar surface area (TPSA) is 29.9 Å². The van der Waals surface area contributed by atoms with Crippen LogP contribution in [0.15, 0.2) is 47.0 Å². The molecule has 4 rings (SSSR count). The summed E-state index contributed by atoms with van der Waals surface area (Å²) in [5.74, 6) is 0. The van der Waals surface area contributed by atoms with E-state index in [0.717, 1.165) is 44.6 Å². The van der Waals surface area contributed by atoms with Crippen molar-refractivity contribution < 1.29 is 8.98 Å². The van der Waals surface area contributed by atoms with Crippen LogP contribution in [0.1, 0.15) is 17.0 Å². The van der Waals surface area contributed by atoms with Crippen molar-refractivity contribution in [3.05, 3.63) is 59.5 Å². The largest absolute Gasteiger partial charge is 0.455 e. The van der Waals surface area contributed by atoms with Gasteiger partial charge in [0.25, 0.3) is 0 Å². The number of aromatic nitrogens is 2. The molecule has 0 aliphatic heterocycles. The van der Waals surface area contributed by atoms with E-state index in [0.29, 0.717) is 0 Å². The number of benzene rings is 1. The van der Waals surface area contributed by atoms with Gasteiger partial charge in [-0.25, -0.2) is 4.57 Å². The molecule has 3 heteroatoms. The number of rotatable bonds is 1. The first-order valence-electron chi connectivity index (χ1n) is 7.81. The molecule has 3 heterocycles. The predicted molar refractivity (Wildman–Crippen MR) is 92.3 cm³/mol. The van der Waals surface area contributed by atoms with Gasteiger partial charge in [-0.2, -0.15) is 0 Å². The number of pyridine rings is 2. The second kappa shape index (κ2) is 4.92. The van der Waals surface area contributed by atoms with Crippen LogP contribution in [-0.2, 0) is 7.05 Å². The molecule has 1 aromatic carbocycles. The van der Waals surface area contributed by atoms with E-state index in [1.54, 1.807) is 0 Å². The molecule has 0 radical (unpaired) electrons. The highest BCUT2D eigenvalue weighted by Crippen LogP contribution is 2.37. The molecule has 114 valence electrons. The predicted octanol–water partition coefficient (Wildman–Crippen LogP) is 4.40. The Morgan fingerprint density at radius 1 is 0.957 bits per heavy atom. The van der Waals surface area contributed by atoms with Gasteiger partial charge in [-0.05, 0) is 32.9 Å². The van der Waals surface area contributed by atoms with Crippen LogP contribution < -0.4 is 4.57 Å². The van der Waals surface area contributed by atoms with Gasteiger partial charge in [0.15, 0.2) is 11.8 Å². The number of hydrogen-bond acceptors (Lipinski definition) is 2. The number of fused-ring (bicyclic) bond motifs is 3. The summed E-state index contributed by atoms with van der Waals surface area (Å²) in [6.45, 7) is 6.20. The molecule has 0 unspecified atom stereocenters. The van der Waals surface area contributed by atoms with Crippen molar-refractivity contribution in [2.45, 2.75) is 20.8 Å². The Labute approximate surface area is 135 Å². The zero-order valence-electron chi connectivity index (χ0n) is 13.8. The van der Waals surface area contributed by atoms with Crippen molar-refractivity contribution in [3.63, 3.8) is 0 Å². The molecule has 0 amide bonds. The summed E-state index contributed by atoms with van der Waals surface area (Å²) in [6, 6.07) is 12.4. The fourth-order valence-corrected chi connectivity index (χ4v) is 3.42. The molecule has 0 aliphatic rings. The van der Waals surface area contributed by atoms with E-state index in [1.807, 2.05) is 18.2 Å². The molecule has 0 aliphatic carbocycles. The third kappa shape index (κ3) is 2.04. The van der Waals surface area contributed by atoms with Gasteiger partial charge in [0.1, 0.15) is 18.2 Å². The second-order valence-corrected chi connectivity index (χ2v) is 6.16. The second-order valence-electron chi connectivity index (χ2n) is 6.16. The van der Waals surface area contributed by atoms with Crippen molar-refractivity contribution in [2.75, 3.05) is 0 Å². The maximum Gasteiger partial charge on any atom is 0.217 e. The summed E-state index contributed by atoms with van der Waals surface area (Å²) in [4.78, 5) is 4.79. The monoisotopic (exact) mass is 303 g/mol. The van der Waals surface area contributed by atoms with Crippen molar-refractivity contribution in [1.82, 2.24) is 4.98 Å². The zero-order valence-corrected chi connectivity index (χ0v) is 13.8. The number of aryl methyl sites for hydroxylation is 4. The quantitative estimate of drug-likeness (QED) is 0.488. The summed E-state index contributed by atoms with van der Waals surface area (Å²) >= 11 is 0. The van der Waals surface area contributed by atoms with Crippen LogP contribution in [0.5, 0.6) is 0 Å². The van der Waals surface area contributed by atoms with E-state index >= 15 is 0 Å². The number of para-hydroxylation sites is 1. The van der Waals surface area contributed by atoms with Gasteiger partial charge in [0.2, 0.25) is 5.69 Å². The molecule has 0 saturated heterocycles. The van der Waals surface area contributed by atoms with Crippen molar-refractivity contribution in [3.8, 4) is 11.3 Å². The van der Waals surface area contributed by atoms with Gasteiger partial charge < -0.3 is 4.42 Å². The molecular weight excluding hydrogens is 284 g/mol. The van der Waals surface area contributed by atoms with Crippen LogP contribution in [-0.4, -0.2) is 4.98 Å². The Kier molecular flexibility index (Phi) is 2.98. The third-order valence-corrected chi connectivity index (χ3v) is 4.42. The number of hydrogen-bond donors (Lipinski definition) is 0. The summed E-state index contributed by atoms with van der Waals surface area (Å²) in [7, 11) is 2.07. The summed E-state index contributed by atoms with van der Waals surface area (Å²) in [5, 5.41) is 2.24. The Balaban J connectivity index is 2.18. The van der Waals surface area contributed by atoms with E-state index < -0.39 is 0 Å². The fourth-order valence-electron chi connectivity index (χ4n) is 3.42. The van der Waals surface area contributed by atoms with Crippen LogP contribution in [0.4, 0.5) is 0 Å². The molecule has 23 heavy (non-hydrogen) atoms. The van der Waals surface area contributed by atoms with E-state index in [2.05, 4.69) is 56.8 Å². The van der Waals surface area contributed by atoms with E-state index in [4.69, 9.17) is 9.40 Å². The van der Waals surface area contributed by atoms with Crippen molar-refractivity contribution in [2.24, 2.45) is 7.05 Å². The van der Waals surface area contributed by atoms with E-state index in [9.17, 15) is 0 Å². The van der Waals surface area contributed by atoms with E-state index in [1.165, 1.54) is 5.56 Å². The molecule has 0 fully saturated rings. The fraction of sp³-hybridized carbons (Fsp3) is 0.200. The standard InChI is InChI=1S/C20H19N2O/c1-12-9-10-16(22(4)11-12)19-14(3)21-13(2)18-15-7-5-6-8-17(15)23-20(18)19/h5-11H,1-4H3/q+1. The zero-order chi connectivity index (χ0) is 16.1. The van der Waals surface area contributed by atoms with Gasteiger partial charge in [0.05, 0.1) is 11.1 Å². The Morgan fingerprint density at radius 2 is 1.74 bits per heavy atom. The van der Waals surface area contributed by atoms with Gasteiger partial charge in [-0.1, -0.05) is 18.2 Å². The molecule has 0 bridgehead atoms. The first-order valence-corrected chi connectivity index (χ1v) is 7.81. The highest BCUT2D eigenvalue weighted by molar-refractivity contribution is 6.10. The lowest BCUT2D eigenvalue weighted by Crippen LogP contribution is -2.31. The Bertz CT molecular complexity index is 1060. The van der Waals surface area contributed by atoms with Crippen LogP contribution in [0.25, 0.3) is 33.2 Å². The van der Waals surface area contributed by atoms with Gasteiger partial charge >= 0.3 is 0 Å². The molecule has 0 N–H and O–H groups in total. The molecule has 4 aromatic rings. The number of furan rings is 1.